The van der Waals surface area contributed by atoms with E-state index in [1.54, 1.807) is 19.9 Å². The first-order valence-electron chi connectivity index (χ1n) is 5.35. The van der Waals surface area contributed by atoms with Crippen LogP contribution < -0.4 is 11.1 Å². The predicted octanol–water partition coefficient (Wildman–Crippen LogP) is 0.715. The van der Waals surface area contributed by atoms with Gasteiger partial charge in [0.1, 0.15) is 0 Å². The average molecular weight is 242 g/mol. The van der Waals surface area contributed by atoms with Crippen molar-refractivity contribution in [2.45, 2.75) is 33.3 Å². The van der Waals surface area contributed by atoms with Crippen LogP contribution >= 0.6 is 0 Å². The number of esters is 1. The van der Waals surface area contributed by atoms with Crippen LogP contribution in [0.3, 0.4) is 0 Å². The summed E-state index contributed by atoms with van der Waals surface area (Å²) in [5, 5.41) is 1.88. The summed E-state index contributed by atoms with van der Waals surface area (Å²) < 4.78 is 4.93. The largest absolute Gasteiger partial charge is 0.449 e. The van der Waals surface area contributed by atoms with Crippen molar-refractivity contribution in [2.24, 2.45) is 11.7 Å². The van der Waals surface area contributed by atoms with Crippen LogP contribution in [0.4, 0.5) is 4.79 Å². The number of hydrogen-bond donors (Lipinski definition) is 2. The van der Waals surface area contributed by atoms with E-state index in [0.29, 0.717) is 6.42 Å². The number of carbonyl (C=O) groups excluding carboxylic acids is 3. The minimum atomic E-state index is -1.03. The number of hydrogen-bond acceptors (Lipinski definition) is 4. The van der Waals surface area contributed by atoms with Crippen molar-refractivity contribution < 1.29 is 19.1 Å². The van der Waals surface area contributed by atoms with Gasteiger partial charge in [-0.3, -0.25) is 10.1 Å². The monoisotopic (exact) mass is 242 g/mol. The highest BCUT2D eigenvalue weighted by Crippen LogP contribution is 2.07. The molecule has 17 heavy (non-hydrogen) atoms. The Balaban J connectivity index is 4.54. The maximum atomic E-state index is 11.5. The Hall–Kier alpha value is -1.85. The topological polar surface area (TPSA) is 98.5 Å². The van der Waals surface area contributed by atoms with E-state index < -0.39 is 24.0 Å². The van der Waals surface area contributed by atoms with Gasteiger partial charge in [0, 0.05) is 6.08 Å². The molecule has 0 rings (SSSR count). The molecule has 3 amide bonds. The number of urea groups is 1. The molecule has 0 unspecified atom stereocenters. The maximum absolute atomic E-state index is 11.5. The summed E-state index contributed by atoms with van der Waals surface area (Å²) in [4.78, 5) is 33.3. The highest BCUT2D eigenvalue weighted by molar-refractivity contribution is 5.97. The maximum Gasteiger partial charge on any atom is 0.331 e. The smallest absolute Gasteiger partial charge is 0.331 e. The first kappa shape index (κ1) is 15.2. The van der Waals surface area contributed by atoms with Gasteiger partial charge in [0.2, 0.25) is 0 Å². The van der Waals surface area contributed by atoms with Gasteiger partial charge in [-0.05, 0) is 12.3 Å². The van der Waals surface area contributed by atoms with Gasteiger partial charge in [-0.15, -0.1) is 0 Å². The fourth-order valence-corrected chi connectivity index (χ4v) is 1.06. The van der Waals surface area contributed by atoms with Crippen molar-refractivity contribution in [3.05, 3.63) is 12.2 Å². The molecule has 0 aliphatic heterocycles. The standard InChI is InChI=1S/C11H18N2O4/c1-4-5-6-8(14)17-9(7(2)3)10(15)13-11(12)16/h5-7,9H,4H2,1-3H3,(H3,12,13,15,16)/b6-5+/t9-/m0/s1. The third-order valence-corrected chi connectivity index (χ3v) is 1.84. The summed E-state index contributed by atoms with van der Waals surface area (Å²) in [5.74, 6) is -1.59. The van der Waals surface area contributed by atoms with Crippen molar-refractivity contribution >= 4 is 17.9 Å². The molecular weight excluding hydrogens is 224 g/mol. The van der Waals surface area contributed by atoms with Gasteiger partial charge in [0.05, 0.1) is 0 Å². The van der Waals surface area contributed by atoms with E-state index in [9.17, 15) is 14.4 Å². The second-order valence-electron chi connectivity index (χ2n) is 3.77. The van der Waals surface area contributed by atoms with E-state index in [1.807, 2.05) is 12.2 Å². The summed E-state index contributed by atoms with van der Waals surface area (Å²) in [6.07, 6.45) is 2.52. The zero-order valence-corrected chi connectivity index (χ0v) is 10.2. The van der Waals surface area contributed by atoms with E-state index >= 15 is 0 Å². The summed E-state index contributed by atoms with van der Waals surface area (Å²) in [6.45, 7) is 5.26. The number of ether oxygens (including phenoxy) is 1. The third kappa shape index (κ3) is 6.34. The lowest BCUT2D eigenvalue weighted by atomic mass is 10.1. The highest BCUT2D eigenvalue weighted by atomic mass is 16.5. The number of allylic oxidation sites excluding steroid dienone is 1. The van der Waals surface area contributed by atoms with Crippen molar-refractivity contribution in [3.63, 3.8) is 0 Å². The molecule has 6 heteroatoms. The number of primary amides is 1. The first-order chi connectivity index (χ1) is 7.88. The molecule has 0 saturated carbocycles. The van der Waals surface area contributed by atoms with Gasteiger partial charge in [0.25, 0.3) is 5.91 Å². The van der Waals surface area contributed by atoms with E-state index in [4.69, 9.17) is 10.5 Å². The molecule has 0 spiro atoms. The third-order valence-electron chi connectivity index (χ3n) is 1.84. The van der Waals surface area contributed by atoms with Crippen LogP contribution in [0.1, 0.15) is 27.2 Å². The molecule has 0 aliphatic carbocycles. The molecule has 0 aromatic rings. The molecule has 1 atom stereocenters. The van der Waals surface area contributed by atoms with Crippen molar-refractivity contribution in [2.75, 3.05) is 0 Å². The molecule has 0 radical (unpaired) electrons. The Bertz CT molecular complexity index is 323. The number of rotatable bonds is 5. The Morgan fingerprint density at radius 1 is 1.35 bits per heavy atom. The molecule has 0 saturated heterocycles. The molecule has 0 aliphatic rings. The van der Waals surface area contributed by atoms with Crippen LogP contribution in [0.2, 0.25) is 0 Å². The lowest BCUT2D eigenvalue weighted by Gasteiger charge is -2.18. The van der Waals surface area contributed by atoms with E-state index in [0.717, 1.165) is 0 Å². The molecule has 0 aromatic heterocycles. The van der Waals surface area contributed by atoms with Crippen LogP contribution in [-0.2, 0) is 14.3 Å². The van der Waals surface area contributed by atoms with Crippen LogP contribution in [-0.4, -0.2) is 24.0 Å². The highest BCUT2D eigenvalue weighted by Gasteiger charge is 2.26. The molecule has 96 valence electrons. The summed E-state index contributed by atoms with van der Waals surface area (Å²) in [6, 6.07) is -0.971. The minimum Gasteiger partial charge on any atom is -0.449 e. The Labute approximate surface area is 100 Å². The Morgan fingerprint density at radius 2 is 1.94 bits per heavy atom. The Morgan fingerprint density at radius 3 is 2.35 bits per heavy atom. The second-order valence-corrected chi connectivity index (χ2v) is 3.77. The van der Waals surface area contributed by atoms with Crippen LogP contribution in [0.15, 0.2) is 12.2 Å². The number of imide groups is 1. The molecule has 0 fully saturated rings. The Kier molecular flexibility index (Phi) is 6.62. The lowest BCUT2D eigenvalue weighted by molar-refractivity contribution is -0.153. The van der Waals surface area contributed by atoms with Gasteiger partial charge in [-0.1, -0.05) is 26.8 Å². The fourth-order valence-electron chi connectivity index (χ4n) is 1.06. The number of nitrogens with one attached hydrogen (secondary N) is 1. The van der Waals surface area contributed by atoms with Gasteiger partial charge in [-0.25, -0.2) is 9.59 Å². The van der Waals surface area contributed by atoms with Crippen LogP contribution in [0.25, 0.3) is 0 Å². The lowest BCUT2D eigenvalue weighted by Crippen LogP contribution is -2.45. The van der Waals surface area contributed by atoms with Gasteiger partial charge in [0.15, 0.2) is 6.10 Å². The van der Waals surface area contributed by atoms with E-state index in [2.05, 4.69) is 0 Å². The van der Waals surface area contributed by atoms with E-state index in [1.165, 1.54) is 6.08 Å². The average Bonchev–Trinajstić information content (AvgIpc) is 2.21. The molecular formula is C11H18N2O4. The zero-order valence-electron chi connectivity index (χ0n) is 10.2. The predicted molar refractivity (Wildman–Crippen MR) is 61.9 cm³/mol. The van der Waals surface area contributed by atoms with Crippen molar-refractivity contribution in [1.29, 1.82) is 0 Å². The normalized spacial score (nSPS) is 12.5. The first-order valence-corrected chi connectivity index (χ1v) is 5.35. The fraction of sp³-hybridized carbons (Fsp3) is 0.545. The van der Waals surface area contributed by atoms with E-state index in [-0.39, 0.29) is 5.92 Å². The van der Waals surface area contributed by atoms with Gasteiger partial charge < -0.3 is 10.5 Å². The molecule has 6 nitrogen and oxygen atoms in total. The summed E-state index contributed by atoms with van der Waals surface area (Å²) >= 11 is 0. The summed E-state index contributed by atoms with van der Waals surface area (Å²) in [5.41, 5.74) is 4.82. The quantitative estimate of drug-likeness (QED) is 0.548. The molecule has 0 aromatic carbocycles. The molecule has 0 heterocycles. The summed E-state index contributed by atoms with van der Waals surface area (Å²) in [7, 11) is 0. The van der Waals surface area contributed by atoms with Crippen molar-refractivity contribution in [3.8, 4) is 0 Å². The van der Waals surface area contributed by atoms with Gasteiger partial charge in [-0.2, -0.15) is 0 Å². The number of nitrogens with two attached hydrogens (primary N) is 1. The molecule has 3 N–H and O–H groups in total. The number of amides is 3. The zero-order chi connectivity index (χ0) is 13.4. The van der Waals surface area contributed by atoms with Crippen LogP contribution in [0.5, 0.6) is 0 Å². The SMILES string of the molecule is CC/C=C/C(=O)O[C@H](C(=O)NC(N)=O)C(C)C. The van der Waals surface area contributed by atoms with Crippen molar-refractivity contribution in [1.82, 2.24) is 5.32 Å². The van der Waals surface area contributed by atoms with Crippen LogP contribution in [0, 0.1) is 5.92 Å². The van der Waals surface area contributed by atoms with Gasteiger partial charge >= 0.3 is 12.0 Å². The number of carbonyl (C=O) groups is 3. The minimum absolute atomic E-state index is 0.256. The second kappa shape index (κ2) is 7.43. The molecule has 0 bridgehead atoms.